The first-order valence-corrected chi connectivity index (χ1v) is 5.94. The first-order chi connectivity index (χ1) is 6.54. The zero-order valence-electron chi connectivity index (χ0n) is 9.84. The van der Waals surface area contributed by atoms with Crippen molar-refractivity contribution in [3.8, 4) is 0 Å². The van der Waals surface area contributed by atoms with Crippen LogP contribution in [0, 0.1) is 5.41 Å². The molecule has 0 unspecified atom stereocenters. The van der Waals surface area contributed by atoms with Crippen LogP contribution in [0.1, 0.15) is 52.4 Å². The molecule has 0 N–H and O–H groups in total. The minimum absolute atomic E-state index is 0.345. The van der Waals surface area contributed by atoms with E-state index >= 15 is 0 Å². The van der Waals surface area contributed by atoms with Crippen LogP contribution in [0.15, 0.2) is 12.3 Å². The molecule has 14 heavy (non-hydrogen) atoms. The second kappa shape index (κ2) is 3.29. The quantitative estimate of drug-likeness (QED) is 0.568. The van der Waals surface area contributed by atoms with Crippen molar-refractivity contribution in [2.24, 2.45) is 5.41 Å². The van der Waals surface area contributed by atoms with Crippen LogP contribution in [0.2, 0.25) is 0 Å². The Balaban J connectivity index is 2.16. The predicted molar refractivity (Wildman–Crippen MR) is 61.1 cm³/mol. The van der Waals surface area contributed by atoms with Crippen molar-refractivity contribution in [1.29, 1.82) is 0 Å². The van der Waals surface area contributed by atoms with E-state index in [0.29, 0.717) is 11.0 Å². The molecule has 1 spiro atoms. The third-order valence-electron chi connectivity index (χ3n) is 4.35. The van der Waals surface area contributed by atoms with Crippen LogP contribution in [0.3, 0.4) is 0 Å². The van der Waals surface area contributed by atoms with Crippen LogP contribution >= 0.6 is 0 Å². The summed E-state index contributed by atoms with van der Waals surface area (Å²) in [5.74, 6) is 0. The molecule has 0 aromatic heterocycles. The van der Waals surface area contributed by atoms with Crippen LogP contribution in [0.4, 0.5) is 0 Å². The molecule has 1 fully saturated rings. The first-order valence-electron chi connectivity index (χ1n) is 5.94. The number of rotatable bonds is 0. The third kappa shape index (κ3) is 1.69. The van der Waals surface area contributed by atoms with Gasteiger partial charge in [0.2, 0.25) is 0 Å². The van der Waals surface area contributed by atoms with E-state index < -0.39 is 0 Å². The summed E-state index contributed by atoms with van der Waals surface area (Å²) >= 11 is 0. The van der Waals surface area contributed by atoms with Crippen molar-refractivity contribution in [2.75, 3.05) is 7.05 Å². The molecular formula is C13H23N. The molecule has 1 heteroatoms. The van der Waals surface area contributed by atoms with Gasteiger partial charge < -0.3 is 4.90 Å². The lowest BCUT2D eigenvalue weighted by molar-refractivity contribution is 0.0357. The average molecular weight is 193 g/mol. The monoisotopic (exact) mass is 193 g/mol. The molecule has 80 valence electrons. The normalized spacial score (nSPS) is 31.8. The minimum Gasteiger partial charge on any atom is -0.376 e. The maximum atomic E-state index is 2.40. The van der Waals surface area contributed by atoms with Crippen LogP contribution in [-0.4, -0.2) is 17.5 Å². The maximum absolute atomic E-state index is 2.40. The highest BCUT2D eigenvalue weighted by atomic mass is 15.1. The Morgan fingerprint density at radius 1 is 1.14 bits per heavy atom. The van der Waals surface area contributed by atoms with Gasteiger partial charge in [0.1, 0.15) is 0 Å². The summed E-state index contributed by atoms with van der Waals surface area (Å²) in [4.78, 5) is 2.40. The molecule has 0 aromatic carbocycles. The molecule has 1 heterocycles. The number of allylic oxidation sites excluding steroid dienone is 1. The van der Waals surface area contributed by atoms with Gasteiger partial charge in [-0.05, 0) is 57.6 Å². The van der Waals surface area contributed by atoms with Crippen molar-refractivity contribution in [1.82, 2.24) is 4.90 Å². The molecule has 2 rings (SSSR count). The lowest BCUT2D eigenvalue weighted by Crippen LogP contribution is -2.46. The van der Waals surface area contributed by atoms with Crippen LogP contribution in [0.25, 0.3) is 0 Å². The van der Waals surface area contributed by atoms with Gasteiger partial charge >= 0.3 is 0 Å². The zero-order chi connectivity index (χ0) is 10.2. The second-order valence-electron chi connectivity index (χ2n) is 5.88. The first kappa shape index (κ1) is 10.1. The van der Waals surface area contributed by atoms with Crippen molar-refractivity contribution in [2.45, 2.75) is 57.9 Å². The third-order valence-corrected chi connectivity index (χ3v) is 4.35. The fourth-order valence-corrected chi connectivity index (χ4v) is 3.06. The van der Waals surface area contributed by atoms with E-state index in [1.165, 1.54) is 38.5 Å². The van der Waals surface area contributed by atoms with Crippen molar-refractivity contribution < 1.29 is 0 Å². The Kier molecular flexibility index (Phi) is 2.36. The molecule has 0 aromatic rings. The van der Waals surface area contributed by atoms with E-state index in [9.17, 15) is 0 Å². The minimum atomic E-state index is 0.345. The second-order valence-corrected chi connectivity index (χ2v) is 5.88. The average Bonchev–Trinajstić information content (AvgIpc) is 2.04. The molecule has 1 aliphatic carbocycles. The van der Waals surface area contributed by atoms with E-state index in [2.05, 4.69) is 38.1 Å². The molecule has 1 nitrogen and oxygen atoms in total. The summed E-state index contributed by atoms with van der Waals surface area (Å²) in [5, 5.41) is 0. The molecule has 2 aliphatic rings. The van der Waals surface area contributed by atoms with Gasteiger partial charge in [-0.3, -0.25) is 0 Å². The Hall–Kier alpha value is -0.460. The van der Waals surface area contributed by atoms with Gasteiger partial charge in [-0.25, -0.2) is 0 Å². The SMILES string of the molecule is CN1/C=C/CCC2(CCC2)CC1(C)C. The Morgan fingerprint density at radius 3 is 2.43 bits per heavy atom. The summed E-state index contributed by atoms with van der Waals surface area (Å²) < 4.78 is 0. The number of nitrogens with zero attached hydrogens (tertiary/aromatic N) is 1. The van der Waals surface area contributed by atoms with Gasteiger partial charge in [0, 0.05) is 12.6 Å². The van der Waals surface area contributed by atoms with E-state index in [1.807, 2.05) is 0 Å². The molecule has 1 aliphatic heterocycles. The lowest BCUT2D eigenvalue weighted by atomic mass is 9.60. The summed E-state index contributed by atoms with van der Waals surface area (Å²) in [6, 6.07) is 0. The van der Waals surface area contributed by atoms with E-state index in [4.69, 9.17) is 0 Å². The highest BCUT2D eigenvalue weighted by molar-refractivity contribution is 5.01. The van der Waals surface area contributed by atoms with E-state index in [-0.39, 0.29) is 0 Å². The van der Waals surface area contributed by atoms with Crippen LogP contribution in [-0.2, 0) is 0 Å². The van der Waals surface area contributed by atoms with Crippen molar-refractivity contribution >= 4 is 0 Å². The smallest absolute Gasteiger partial charge is 0.0342 e. The Bertz CT molecular complexity index is 236. The van der Waals surface area contributed by atoms with Gasteiger partial charge in [0.05, 0.1) is 0 Å². The van der Waals surface area contributed by atoms with Crippen LogP contribution in [0.5, 0.6) is 0 Å². The van der Waals surface area contributed by atoms with E-state index in [1.54, 1.807) is 0 Å². The topological polar surface area (TPSA) is 3.24 Å². The van der Waals surface area contributed by atoms with Gasteiger partial charge in [-0.2, -0.15) is 0 Å². The fraction of sp³-hybridized carbons (Fsp3) is 0.846. The van der Waals surface area contributed by atoms with E-state index in [0.717, 1.165) is 0 Å². The fourth-order valence-electron chi connectivity index (χ4n) is 3.06. The highest BCUT2D eigenvalue weighted by Crippen LogP contribution is 2.51. The molecule has 0 atom stereocenters. The molecule has 0 bridgehead atoms. The summed E-state index contributed by atoms with van der Waals surface area (Å²) in [7, 11) is 2.22. The molecule has 0 radical (unpaired) electrons. The lowest BCUT2D eigenvalue weighted by Gasteiger charge is -2.50. The standard InChI is InChI=1S/C13H23N/c1-12(2)11-13(8-6-9-13)7-4-5-10-14(12)3/h5,10H,4,6-9,11H2,1-3H3/b10-5+. The maximum Gasteiger partial charge on any atom is 0.0342 e. The summed E-state index contributed by atoms with van der Waals surface area (Å²) in [5.41, 5.74) is 1.04. The summed E-state index contributed by atoms with van der Waals surface area (Å²) in [6.45, 7) is 4.76. The Labute approximate surface area is 88.2 Å². The van der Waals surface area contributed by atoms with Gasteiger partial charge in [0.15, 0.2) is 0 Å². The van der Waals surface area contributed by atoms with Gasteiger partial charge in [-0.1, -0.05) is 12.5 Å². The largest absolute Gasteiger partial charge is 0.376 e. The Morgan fingerprint density at radius 2 is 1.86 bits per heavy atom. The van der Waals surface area contributed by atoms with Gasteiger partial charge in [0.25, 0.3) is 0 Å². The molecule has 1 saturated carbocycles. The molecule has 0 amide bonds. The van der Waals surface area contributed by atoms with Gasteiger partial charge in [-0.15, -0.1) is 0 Å². The highest BCUT2D eigenvalue weighted by Gasteiger charge is 2.42. The predicted octanol–water partition coefficient (Wildman–Crippen LogP) is 3.56. The number of hydrogen-bond acceptors (Lipinski definition) is 1. The number of hydrogen-bond donors (Lipinski definition) is 0. The van der Waals surface area contributed by atoms with Crippen molar-refractivity contribution in [3.63, 3.8) is 0 Å². The zero-order valence-corrected chi connectivity index (χ0v) is 9.84. The summed E-state index contributed by atoms with van der Waals surface area (Å²) in [6.07, 6.45) is 13.1. The van der Waals surface area contributed by atoms with Crippen LogP contribution < -0.4 is 0 Å². The molecular weight excluding hydrogens is 170 g/mol. The van der Waals surface area contributed by atoms with Crippen molar-refractivity contribution in [3.05, 3.63) is 12.3 Å². The molecule has 0 saturated heterocycles.